The van der Waals surface area contributed by atoms with E-state index >= 15 is 0 Å². The standard InChI is InChI=1S/C17H20FN3O4S/c1-11-7-12(3-4-15(11)18)19-17(22)16-8-14(9-21(16)2)26(23,24)20-13-5-6-25-10-13/h3-4,7-9,13,20H,5-6,10H2,1-2H3,(H,19,22)/t13-/m0/s1. The Balaban J connectivity index is 1.78. The average Bonchev–Trinajstić information content (AvgIpc) is 3.20. The molecule has 0 spiro atoms. The zero-order valence-electron chi connectivity index (χ0n) is 14.5. The molecular formula is C17H20FN3O4S. The number of nitrogens with one attached hydrogen (secondary N) is 2. The molecule has 140 valence electrons. The molecule has 26 heavy (non-hydrogen) atoms. The Labute approximate surface area is 151 Å². The molecule has 1 aromatic carbocycles. The predicted molar refractivity (Wildman–Crippen MR) is 94.0 cm³/mol. The first-order valence-corrected chi connectivity index (χ1v) is 9.58. The first-order chi connectivity index (χ1) is 12.3. The second-order valence-electron chi connectivity index (χ2n) is 6.27. The molecule has 1 amide bonds. The van der Waals surface area contributed by atoms with E-state index in [1.165, 1.54) is 35.0 Å². The maximum absolute atomic E-state index is 13.3. The largest absolute Gasteiger partial charge is 0.380 e. The quantitative estimate of drug-likeness (QED) is 0.826. The van der Waals surface area contributed by atoms with Gasteiger partial charge in [-0.25, -0.2) is 17.5 Å². The van der Waals surface area contributed by atoms with Gasteiger partial charge in [0.1, 0.15) is 16.4 Å². The Morgan fingerprint density at radius 1 is 1.35 bits per heavy atom. The SMILES string of the molecule is Cc1cc(NC(=O)c2cc(S(=O)(=O)N[C@H]3CCOC3)cn2C)ccc1F. The minimum absolute atomic E-state index is 0.00679. The van der Waals surface area contributed by atoms with Gasteiger partial charge in [-0.15, -0.1) is 0 Å². The van der Waals surface area contributed by atoms with Crippen LogP contribution >= 0.6 is 0 Å². The van der Waals surface area contributed by atoms with Crippen LogP contribution in [0.3, 0.4) is 0 Å². The summed E-state index contributed by atoms with van der Waals surface area (Å²) in [5.41, 5.74) is 1.01. The molecular weight excluding hydrogens is 361 g/mol. The van der Waals surface area contributed by atoms with Crippen LogP contribution in [0.2, 0.25) is 0 Å². The predicted octanol–water partition coefficient (Wildman–Crippen LogP) is 1.79. The summed E-state index contributed by atoms with van der Waals surface area (Å²) in [6.07, 6.45) is 1.99. The Morgan fingerprint density at radius 3 is 2.77 bits per heavy atom. The van der Waals surface area contributed by atoms with E-state index in [9.17, 15) is 17.6 Å². The zero-order chi connectivity index (χ0) is 18.9. The van der Waals surface area contributed by atoms with Crippen LogP contribution in [-0.2, 0) is 21.8 Å². The summed E-state index contributed by atoms with van der Waals surface area (Å²) in [7, 11) is -2.16. The third-order valence-electron chi connectivity index (χ3n) is 4.19. The Kier molecular flexibility index (Phi) is 5.12. The molecule has 2 aromatic rings. The number of aryl methyl sites for hydroxylation is 2. The smallest absolute Gasteiger partial charge is 0.272 e. The summed E-state index contributed by atoms with van der Waals surface area (Å²) in [4.78, 5) is 12.5. The van der Waals surface area contributed by atoms with E-state index in [-0.39, 0.29) is 22.4 Å². The van der Waals surface area contributed by atoms with Crippen molar-refractivity contribution >= 4 is 21.6 Å². The lowest BCUT2D eigenvalue weighted by Crippen LogP contribution is -2.34. The number of carbonyl (C=O) groups excluding carboxylic acids is 1. The molecule has 1 saturated heterocycles. The van der Waals surface area contributed by atoms with Gasteiger partial charge in [-0.05, 0) is 43.2 Å². The summed E-state index contributed by atoms with van der Waals surface area (Å²) < 4.78 is 47.4. The molecule has 7 nitrogen and oxygen atoms in total. The lowest BCUT2D eigenvalue weighted by atomic mass is 10.2. The molecule has 0 radical (unpaired) electrons. The molecule has 1 atom stereocenters. The number of hydrogen-bond acceptors (Lipinski definition) is 4. The highest BCUT2D eigenvalue weighted by atomic mass is 32.2. The molecule has 0 unspecified atom stereocenters. The number of ether oxygens (including phenoxy) is 1. The van der Waals surface area contributed by atoms with Gasteiger partial charge in [-0.1, -0.05) is 0 Å². The minimum Gasteiger partial charge on any atom is -0.380 e. The lowest BCUT2D eigenvalue weighted by Gasteiger charge is -2.09. The van der Waals surface area contributed by atoms with E-state index in [0.29, 0.717) is 30.9 Å². The van der Waals surface area contributed by atoms with Crippen LogP contribution in [0.25, 0.3) is 0 Å². The van der Waals surface area contributed by atoms with Crippen LogP contribution in [0.15, 0.2) is 35.4 Å². The highest BCUT2D eigenvalue weighted by Gasteiger charge is 2.26. The molecule has 2 N–H and O–H groups in total. The number of anilines is 1. The molecule has 9 heteroatoms. The fraction of sp³-hybridized carbons (Fsp3) is 0.353. The zero-order valence-corrected chi connectivity index (χ0v) is 15.3. The van der Waals surface area contributed by atoms with Crippen LogP contribution in [-0.4, -0.2) is 38.1 Å². The molecule has 2 heterocycles. The number of aromatic nitrogens is 1. The number of amides is 1. The maximum atomic E-state index is 13.3. The van der Waals surface area contributed by atoms with Gasteiger partial charge in [0.2, 0.25) is 10.0 Å². The average molecular weight is 381 g/mol. The highest BCUT2D eigenvalue weighted by Crippen LogP contribution is 2.18. The summed E-state index contributed by atoms with van der Waals surface area (Å²) in [5, 5.41) is 2.64. The van der Waals surface area contributed by atoms with E-state index in [1.807, 2.05) is 0 Å². The van der Waals surface area contributed by atoms with E-state index in [2.05, 4.69) is 10.0 Å². The second-order valence-corrected chi connectivity index (χ2v) is 7.99. The first-order valence-electron chi connectivity index (χ1n) is 8.10. The third-order valence-corrected chi connectivity index (χ3v) is 5.68. The normalized spacial score (nSPS) is 17.4. The van der Waals surface area contributed by atoms with Crippen LogP contribution in [0.1, 0.15) is 22.5 Å². The van der Waals surface area contributed by atoms with Crippen molar-refractivity contribution in [3.8, 4) is 0 Å². The number of benzene rings is 1. The van der Waals surface area contributed by atoms with Crippen molar-refractivity contribution in [3.05, 3.63) is 47.5 Å². The first kappa shape index (κ1) is 18.6. The number of hydrogen-bond donors (Lipinski definition) is 2. The number of halogens is 1. The lowest BCUT2D eigenvalue weighted by molar-refractivity contribution is 0.101. The van der Waals surface area contributed by atoms with Crippen molar-refractivity contribution in [1.29, 1.82) is 0 Å². The van der Waals surface area contributed by atoms with Crippen molar-refractivity contribution in [2.24, 2.45) is 7.05 Å². The molecule has 0 saturated carbocycles. The Hall–Kier alpha value is -2.23. The Morgan fingerprint density at radius 2 is 2.12 bits per heavy atom. The van der Waals surface area contributed by atoms with E-state index in [1.54, 1.807) is 14.0 Å². The third kappa shape index (κ3) is 3.95. The van der Waals surface area contributed by atoms with Gasteiger partial charge in [0.05, 0.1) is 6.61 Å². The van der Waals surface area contributed by atoms with Gasteiger partial charge in [0.25, 0.3) is 5.91 Å². The van der Waals surface area contributed by atoms with Gasteiger partial charge >= 0.3 is 0 Å². The Bertz CT molecular complexity index is 933. The van der Waals surface area contributed by atoms with Crippen LogP contribution in [0.4, 0.5) is 10.1 Å². The second kappa shape index (κ2) is 7.18. The van der Waals surface area contributed by atoms with Gasteiger partial charge in [-0.2, -0.15) is 0 Å². The number of rotatable bonds is 5. The minimum atomic E-state index is -3.74. The molecule has 1 aliphatic heterocycles. The van der Waals surface area contributed by atoms with Crippen molar-refractivity contribution in [2.75, 3.05) is 18.5 Å². The number of sulfonamides is 1. The number of carbonyl (C=O) groups is 1. The van der Waals surface area contributed by atoms with Gasteiger partial charge in [0, 0.05) is 31.6 Å². The van der Waals surface area contributed by atoms with Gasteiger partial charge in [-0.3, -0.25) is 4.79 Å². The van der Waals surface area contributed by atoms with Crippen molar-refractivity contribution < 1.29 is 22.3 Å². The van der Waals surface area contributed by atoms with Gasteiger partial charge < -0.3 is 14.6 Å². The fourth-order valence-electron chi connectivity index (χ4n) is 2.74. The molecule has 1 aliphatic rings. The van der Waals surface area contributed by atoms with E-state index in [0.717, 1.165) is 0 Å². The topological polar surface area (TPSA) is 89.4 Å². The molecule has 0 bridgehead atoms. The molecule has 1 fully saturated rings. The van der Waals surface area contributed by atoms with Crippen molar-refractivity contribution in [1.82, 2.24) is 9.29 Å². The summed E-state index contributed by atoms with van der Waals surface area (Å²) in [6.45, 7) is 2.45. The maximum Gasteiger partial charge on any atom is 0.272 e. The summed E-state index contributed by atoms with van der Waals surface area (Å²) >= 11 is 0. The van der Waals surface area contributed by atoms with E-state index in [4.69, 9.17) is 4.74 Å². The summed E-state index contributed by atoms with van der Waals surface area (Å²) in [5.74, 6) is -0.846. The van der Waals surface area contributed by atoms with Crippen LogP contribution in [0.5, 0.6) is 0 Å². The molecule has 1 aromatic heterocycles. The van der Waals surface area contributed by atoms with Crippen molar-refractivity contribution in [2.45, 2.75) is 24.3 Å². The molecule has 0 aliphatic carbocycles. The monoisotopic (exact) mass is 381 g/mol. The van der Waals surface area contributed by atoms with Gasteiger partial charge in [0.15, 0.2) is 0 Å². The highest BCUT2D eigenvalue weighted by molar-refractivity contribution is 7.89. The summed E-state index contributed by atoms with van der Waals surface area (Å²) in [6, 6.07) is 5.26. The molecule has 3 rings (SSSR count). The van der Waals surface area contributed by atoms with Crippen molar-refractivity contribution in [3.63, 3.8) is 0 Å². The van der Waals surface area contributed by atoms with Crippen LogP contribution in [0, 0.1) is 12.7 Å². The van der Waals surface area contributed by atoms with E-state index < -0.39 is 15.9 Å². The fourth-order valence-corrected chi connectivity index (χ4v) is 4.06. The van der Waals surface area contributed by atoms with Crippen LogP contribution < -0.4 is 10.0 Å². The number of nitrogens with zero attached hydrogens (tertiary/aromatic N) is 1.